The van der Waals surface area contributed by atoms with Gasteiger partial charge in [0, 0.05) is 18.9 Å². The van der Waals surface area contributed by atoms with Crippen molar-refractivity contribution < 1.29 is 14.3 Å². The molecule has 2 heterocycles. The average molecular weight is 277 g/mol. The van der Waals surface area contributed by atoms with E-state index in [0.717, 1.165) is 0 Å². The Kier molecular flexibility index (Phi) is 3.83. The molecule has 2 rings (SSSR count). The lowest BCUT2D eigenvalue weighted by Gasteiger charge is -2.05. The summed E-state index contributed by atoms with van der Waals surface area (Å²) in [5, 5.41) is 13.0. The molecule has 0 saturated carbocycles. The maximum atomic E-state index is 12.1. The third-order valence-corrected chi connectivity index (χ3v) is 2.71. The third-order valence-electron chi connectivity index (χ3n) is 2.71. The number of aromatic amines is 1. The van der Waals surface area contributed by atoms with Gasteiger partial charge in [0.05, 0.1) is 6.61 Å². The Morgan fingerprint density at radius 3 is 2.85 bits per heavy atom. The largest absolute Gasteiger partial charge is 0.462 e. The maximum Gasteiger partial charge on any atom is 0.343 e. The minimum absolute atomic E-state index is 0.146. The van der Waals surface area contributed by atoms with Gasteiger partial charge in [-0.25, -0.2) is 4.79 Å². The van der Waals surface area contributed by atoms with Gasteiger partial charge in [0.1, 0.15) is 11.3 Å². The summed E-state index contributed by atoms with van der Waals surface area (Å²) >= 11 is 0. The molecule has 0 aromatic carbocycles. The number of anilines is 1. The Bertz CT molecular complexity index is 643. The molecule has 2 aromatic heterocycles. The van der Waals surface area contributed by atoms with E-state index in [0.29, 0.717) is 11.4 Å². The Balaban J connectivity index is 2.24. The molecular weight excluding hydrogens is 262 g/mol. The van der Waals surface area contributed by atoms with Crippen LogP contribution < -0.4 is 5.32 Å². The average Bonchev–Trinajstić information content (AvgIpc) is 2.96. The van der Waals surface area contributed by atoms with E-state index < -0.39 is 11.9 Å². The molecule has 2 aromatic rings. The van der Waals surface area contributed by atoms with Crippen LogP contribution in [0.25, 0.3) is 0 Å². The molecule has 106 valence electrons. The fourth-order valence-electron chi connectivity index (χ4n) is 1.74. The molecule has 0 bridgehead atoms. The number of carbonyl (C=O) groups excluding carboxylic acids is 2. The summed E-state index contributed by atoms with van der Waals surface area (Å²) in [6.45, 7) is 3.64. The molecule has 8 nitrogen and oxygen atoms in total. The van der Waals surface area contributed by atoms with Crippen LogP contribution in [0, 0.1) is 6.92 Å². The number of H-pyrrole nitrogens is 1. The van der Waals surface area contributed by atoms with E-state index in [2.05, 4.69) is 20.6 Å². The quantitative estimate of drug-likeness (QED) is 0.808. The van der Waals surface area contributed by atoms with E-state index in [-0.39, 0.29) is 18.0 Å². The van der Waals surface area contributed by atoms with Crippen molar-refractivity contribution in [1.82, 2.24) is 20.0 Å². The van der Waals surface area contributed by atoms with Crippen LogP contribution >= 0.6 is 0 Å². The molecule has 0 atom stereocenters. The topological polar surface area (TPSA) is 102 Å². The molecule has 20 heavy (non-hydrogen) atoms. The smallest absolute Gasteiger partial charge is 0.343 e. The van der Waals surface area contributed by atoms with E-state index in [1.54, 1.807) is 27.0 Å². The third kappa shape index (κ3) is 2.53. The van der Waals surface area contributed by atoms with Crippen LogP contribution in [-0.2, 0) is 11.8 Å². The van der Waals surface area contributed by atoms with Gasteiger partial charge in [0.2, 0.25) is 0 Å². The van der Waals surface area contributed by atoms with Gasteiger partial charge < -0.3 is 10.1 Å². The first-order chi connectivity index (χ1) is 9.54. The minimum atomic E-state index is -0.529. The molecule has 0 radical (unpaired) electrons. The number of hydrogen-bond acceptors (Lipinski definition) is 5. The molecule has 0 aliphatic carbocycles. The van der Waals surface area contributed by atoms with Crippen molar-refractivity contribution in [3.63, 3.8) is 0 Å². The maximum absolute atomic E-state index is 12.1. The second-order valence-corrected chi connectivity index (χ2v) is 4.09. The molecule has 0 spiro atoms. The Morgan fingerprint density at radius 2 is 2.25 bits per heavy atom. The van der Waals surface area contributed by atoms with Crippen molar-refractivity contribution in [3.05, 3.63) is 29.2 Å². The predicted octanol–water partition coefficient (Wildman–Crippen LogP) is 0.881. The van der Waals surface area contributed by atoms with E-state index in [4.69, 9.17) is 4.74 Å². The van der Waals surface area contributed by atoms with Gasteiger partial charge in [-0.05, 0) is 19.9 Å². The van der Waals surface area contributed by atoms with Crippen LogP contribution in [0.2, 0.25) is 0 Å². The zero-order chi connectivity index (χ0) is 14.7. The normalized spacial score (nSPS) is 10.3. The summed E-state index contributed by atoms with van der Waals surface area (Å²) in [5.74, 6) is -0.784. The number of hydrogen-bond donors (Lipinski definition) is 2. The fraction of sp³-hybridized carbons (Fsp3) is 0.333. The number of carbonyl (C=O) groups is 2. The van der Waals surface area contributed by atoms with Crippen molar-refractivity contribution in [2.24, 2.45) is 7.05 Å². The van der Waals surface area contributed by atoms with Gasteiger partial charge in [0.25, 0.3) is 5.91 Å². The van der Waals surface area contributed by atoms with Crippen molar-refractivity contribution >= 4 is 17.7 Å². The first-order valence-corrected chi connectivity index (χ1v) is 6.06. The van der Waals surface area contributed by atoms with Crippen molar-refractivity contribution in [2.45, 2.75) is 13.8 Å². The number of amides is 1. The molecule has 8 heteroatoms. The lowest BCUT2D eigenvalue weighted by atomic mass is 10.2. The van der Waals surface area contributed by atoms with Gasteiger partial charge in [-0.15, -0.1) is 0 Å². The highest BCUT2D eigenvalue weighted by atomic mass is 16.5. The summed E-state index contributed by atoms with van der Waals surface area (Å²) in [4.78, 5) is 23.9. The minimum Gasteiger partial charge on any atom is -0.462 e. The van der Waals surface area contributed by atoms with E-state index in [1.807, 2.05) is 0 Å². The second-order valence-electron chi connectivity index (χ2n) is 4.09. The van der Waals surface area contributed by atoms with Crippen LogP contribution in [0.4, 0.5) is 5.82 Å². The molecule has 0 unspecified atom stereocenters. The zero-order valence-corrected chi connectivity index (χ0v) is 11.4. The first kappa shape index (κ1) is 13.8. The standard InChI is InChI=1S/C12H15N5O3/c1-4-20-12(19)9-7(2)15-16-10(9)14-11(18)8-5-6-13-17(8)3/h5-6H,4H2,1-3H3,(H2,14,15,16,18). The molecular formula is C12H15N5O3. The first-order valence-electron chi connectivity index (χ1n) is 6.06. The van der Waals surface area contributed by atoms with E-state index >= 15 is 0 Å². The number of esters is 1. The molecule has 0 aliphatic heterocycles. The predicted molar refractivity (Wildman–Crippen MR) is 70.4 cm³/mol. The summed E-state index contributed by atoms with van der Waals surface area (Å²) < 4.78 is 6.37. The lowest BCUT2D eigenvalue weighted by molar-refractivity contribution is 0.0527. The molecule has 2 N–H and O–H groups in total. The number of aromatic nitrogens is 4. The lowest BCUT2D eigenvalue weighted by Crippen LogP contribution is -2.18. The van der Waals surface area contributed by atoms with E-state index in [9.17, 15) is 9.59 Å². The number of rotatable bonds is 4. The zero-order valence-electron chi connectivity index (χ0n) is 11.4. The molecule has 0 fully saturated rings. The fourth-order valence-corrected chi connectivity index (χ4v) is 1.74. The SMILES string of the molecule is CCOC(=O)c1c(NC(=O)c2ccnn2C)n[nH]c1C. The highest BCUT2D eigenvalue weighted by Gasteiger charge is 2.22. The summed E-state index contributed by atoms with van der Waals surface area (Å²) in [7, 11) is 1.65. The van der Waals surface area contributed by atoms with Crippen molar-refractivity contribution in [3.8, 4) is 0 Å². The summed E-state index contributed by atoms with van der Waals surface area (Å²) in [6, 6.07) is 1.57. The van der Waals surface area contributed by atoms with Gasteiger partial charge in [-0.2, -0.15) is 10.2 Å². The van der Waals surface area contributed by atoms with E-state index in [1.165, 1.54) is 10.9 Å². The number of nitrogens with zero attached hydrogens (tertiary/aromatic N) is 3. The van der Waals surface area contributed by atoms with Crippen LogP contribution in [0.15, 0.2) is 12.3 Å². The van der Waals surface area contributed by atoms with Crippen molar-refractivity contribution in [1.29, 1.82) is 0 Å². The van der Waals surface area contributed by atoms with Gasteiger partial charge in [-0.3, -0.25) is 14.6 Å². The number of ether oxygens (including phenoxy) is 1. The second kappa shape index (κ2) is 5.55. The van der Waals surface area contributed by atoms with Gasteiger partial charge in [-0.1, -0.05) is 0 Å². The van der Waals surface area contributed by atoms with Crippen LogP contribution in [-0.4, -0.2) is 38.5 Å². The highest BCUT2D eigenvalue weighted by molar-refractivity contribution is 6.06. The summed E-state index contributed by atoms with van der Waals surface area (Å²) in [5.41, 5.74) is 1.12. The molecule has 0 aliphatic rings. The monoisotopic (exact) mass is 277 g/mol. The van der Waals surface area contributed by atoms with Crippen LogP contribution in [0.1, 0.15) is 33.5 Å². The van der Waals surface area contributed by atoms with Crippen LogP contribution in [0.5, 0.6) is 0 Å². The number of nitrogens with one attached hydrogen (secondary N) is 2. The Morgan fingerprint density at radius 1 is 1.50 bits per heavy atom. The Hall–Kier alpha value is -2.64. The molecule has 1 amide bonds. The number of aryl methyl sites for hydroxylation is 2. The van der Waals surface area contributed by atoms with Gasteiger partial charge in [0.15, 0.2) is 5.82 Å². The van der Waals surface area contributed by atoms with Crippen LogP contribution in [0.3, 0.4) is 0 Å². The Labute approximate surface area is 115 Å². The molecule has 0 saturated heterocycles. The van der Waals surface area contributed by atoms with Gasteiger partial charge >= 0.3 is 5.97 Å². The summed E-state index contributed by atoms with van der Waals surface area (Å²) in [6.07, 6.45) is 1.51. The highest BCUT2D eigenvalue weighted by Crippen LogP contribution is 2.18. The van der Waals surface area contributed by atoms with Crippen molar-refractivity contribution in [2.75, 3.05) is 11.9 Å².